The molecule has 1 aromatic carbocycles. The minimum atomic E-state index is -0.126. The van der Waals surface area contributed by atoms with Crippen molar-refractivity contribution in [1.29, 1.82) is 5.26 Å². The number of pyridine rings is 1. The number of rotatable bonds is 2. The van der Waals surface area contributed by atoms with E-state index in [2.05, 4.69) is 21.4 Å². The van der Waals surface area contributed by atoms with Gasteiger partial charge in [0, 0.05) is 13.1 Å². The number of aryl methyl sites for hydroxylation is 1. The molecule has 3 aromatic rings. The quantitative estimate of drug-likeness (QED) is 0.666. The van der Waals surface area contributed by atoms with Gasteiger partial charge >= 0.3 is 5.97 Å². The van der Waals surface area contributed by atoms with Crippen LogP contribution in [-0.4, -0.2) is 35.6 Å². The number of esters is 1. The first kappa shape index (κ1) is 16.4. The normalized spacial score (nSPS) is 15.3. The van der Waals surface area contributed by atoms with Crippen LogP contribution < -0.4 is 4.90 Å². The van der Waals surface area contributed by atoms with Crippen molar-refractivity contribution in [2.24, 2.45) is 5.92 Å². The molecule has 0 atom stereocenters. The maximum atomic E-state index is 11.8. The van der Waals surface area contributed by atoms with Crippen LogP contribution in [-0.2, 0) is 9.53 Å². The molecule has 0 saturated carbocycles. The standard InChI is InChI=1S/C20H20N4O2/c1-13-11-18(23-9-7-14(8-10-23)20(25)26-2)24-17-6-4-3-5-16(17)22-19(24)15(13)12-21/h3-6,11,14H,7-10H2,1-2H3. The molecule has 1 aliphatic heterocycles. The minimum absolute atomic E-state index is 0.0363. The Balaban J connectivity index is 1.83. The highest BCUT2D eigenvalue weighted by Crippen LogP contribution is 2.31. The average Bonchev–Trinajstić information content (AvgIpc) is 3.06. The number of aromatic nitrogens is 2. The van der Waals surface area contributed by atoms with Gasteiger partial charge in [-0.15, -0.1) is 0 Å². The Labute approximate surface area is 151 Å². The van der Waals surface area contributed by atoms with Gasteiger partial charge in [-0.1, -0.05) is 12.1 Å². The van der Waals surface area contributed by atoms with Gasteiger partial charge in [0.05, 0.1) is 29.6 Å². The number of benzene rings is 1. The number of carbonyl (C=O) groups excluding carboxylic acids is 1. The topological polar surface area (TPSA) is 70.6 Å². The lowest BCUT2D eigenvalue weighted by molar-refractivity contribution is -0.146. The molecule has 0 unspecified atom stereocenters. The number of nitriles is 1. The summed E-state index contributed by atoms with van der Waals surface area (Å²) in [6.45, 7) is 3.49. The molecule has 26 heavy (non-hydrogen) atoms. The van der Waals surface area contributed by atoms with Crippen molar-refractivity contribution in [1.82, 2.24) is 9.38 Å². The van der Waals surface area contributed by atoms with E-state index in [1.165, 1.54) is 7.11 Å². The van der Waals surface area contributed by atoms with Crippen LogP contribution in [0.15, 0.2) is 30.3 Å². The number of fused-ring (bicyclic) bond motifs is 3. The van der Waals surface area contributed by atoms with E-state index in [0.717, 1.165) is 48.3 Å². The molecule has 4 rings (SSSR count). The molecule has 0 radical (unpaired) electrons. The zero-order chi connectivity index (χ0) is 18.3. The molecular formula is C20H20N4O2. The van der Waals surface area contributed by atoms with Crippen molar-refractivity contribution in [2.75, 3.05) is 25.1 Å². The summed E-state index contributed by atoms with van der Waals surface area (Å²) >= 11 is 0. The molecule has 1 fully saturated rings. The van der Waals surface area contributed by atoms with Crippen LogP contribution in [0.1, 0.15) is 24.0 Å². The van der Waals surface area contributed by atoms with Crippen molar-refractivity contribution in [3.8, 4) is 6.07 Å². The molecule has 0 bridgehead atoms. The number of imidazole rings is 1. The molecule has 0 amide bonds. The molecule has 6 nitrogen and oxygen atoms in total. The van der Waals surface area contributed by atoms with Crippen LogP contribution in [0, 0.1) is 24.2 Å². The molecule has 1 saturated heterocycles. The van der Waals surface area contributed by atoms with E-state index in [4.69, 9.17) is 9.72 Å². The van der Waals surface area contributed by atoms with Crippen LogP contribution >= 0.6 is 0 Å². The monoisotopic (exact) mass is 348 g/mol. The maximum Gasteiger partial charge on any atom is 0.308 e. The van der Waals surface area contributed by atoms with Gasteiger partial charge in [-0.25, -0.2) is 4.98 Å². The smallest absolute Gasteiger partial charge is 0.308 e. The van der Waals surface area contributed by atoms with Crippen LogP contribution in [0.5, 0.6) is 0 Å². The van der Waals surface area contributed by atoms with Gasteiger partial charge in [-0.3, -0.25) is 9.20 Å². The Morgan fingerprint density at radius 2 is 2.04 bits per heavy atom. The summed E-state index contributed by atoms with van der Waals surface area (Å²) < 4.78 is 6.96. The summed E-state index contributed by atoms with van der Waals surface area (Å²) in [6, 6.07) is 12.3. The second-order valence-corrected chi connectivity index (χ2v) is 6.72. The van der Waals surface area contributed by atoms with E-state index in [0.29, 0.717) is 11.2 Å². The third kappa shape index (κ3) is 2.48. The van der Waals surface area contributed by atoms with Gasteiger partial charge in [-0.2, -0.15) is 5.26 Å². The summed E-state index contributed by atoms with van der Waals surface area (Å²) in [4.78, 5) is 18.8. The van der Waals surface area contributed by atoms with Gasteiger partial charge < -0.3 is 9.64 Å². The highest BCUT2D eigenvalue weighted by Gasteiger charge is 2.27. The summed E-state index contributed by atoms with van der Waals surface area (Å²) in [7, 11) is 1.44. The number of hydrogen-bond acceptors (Lipinski definition) is 5. The van der Waals surface area contributed by atoms with Crippen molar-refractivity contribution in [2.45, 2.75) is 19.8 Å². The fourth-order valence-electron chi connectivity index (χ4n) is 3.81. The molecule has 6 heteroatoms. The first-order valence-corrected chi connectivity index (χ1v) is 8.77. The van der Waals surface area contributed by atoms with Gasteiger partial charge in [0.1, 0.15) is 11.9 Å². The Bertz CT molecular complexity index is 1040. The number of methoxy groups -OCH3 is 1. The number of para-hydroxylation sites is 2. The number of carbonyl (C=O) groups is 1. The van der Waals surface area contributed by atoms with Gasteiger partial charge in [0.2, 0.25) is 0 Å². The molecule has 0 aliphatic carbocycles. The summed E-state index contributed by atoms with van der Waals surface area (Å²) in [5.74, 6) is 0.859. The molecule has 132 valence electrons. The Morgan fingerprint density at radius 1 is 1.31 bits per heavy atom. The van der Waals surface area contributed by atoms with Gasteiger partial charge in [0.15, 0.2) is 5.65 Å². The first-order chi connectivity index (χ1) is 12.6. The summed E-state index contributed by atoms with van der Waals surface area (Å²) in [6.07, 6.45) is 1.53. The van der Waals surface area contributed by atoms with Crippen molar-refractivity contribution in [3.63, 3.8) is 0 Å². The first-order valence-electron chi connectivity index (χ1n) is 8.77. The summed E-state index contributed by atoms with van der Waals surface area (Å²) in [5.41, 5.74) is 4.08. The van der Waals surface area contributed by atoms with Crippen LogP contribution in [0.2, 0.25) is 0 Å². The van der Waals surface area contributed by atoms with E-state index in [1.54, 1.807) is 0 Å². The van der Waals surface area contributed by atoms with Crippen molar-refractivity contribution < 1.29 is 9.53 Å². The lowest BCUT2D eigenvalue weighted by Crippen LogP contribution is -2.37. The SMILES string of the molecule is COC(=O)C1CCN(c2cc(C)c(C#N)c3nc4ccccc4n23)CC1. The molecule has 1 aliphatic rings. The number of ether oxygens (including phenoxy) is 1. The Hall–Kier alpha value is -3.07. The van der Waals surface area contributed by atoms with E-state index in [-0.39, 0.29) is 11.9 Å². The van der Waals surface area contributed by atoms with Gasteiger partial charge in [-0.05, 0) is 43.5 Å². The van der Waals surface area contributed by atoms with E-state index >= 15 is 0 Å². The second-order valence-electron chi connectivity index (χ2n) is 6.72. The number of anilines is 1. The van der Waals surface area contributed by atoms with Crippen LogP contribution in [0.3, 0.4) is 0 Å². The molecule has 3 heterocycles. The minimum Gasteiger partial charge on any atom is -0.469 e. The Kier molecular flexibility index (Phi) is 4.00. The van der Waals surface area contributed by atoms with E-state index < -0.39 is 0 Å². The number of nitrogens with zero attached hydrogens (tertiary/aromatic N) is 4. The maximum absolute atomic E-state index is 11.8. The molecular weight excluding hydrogens is 328 g/mol. The predicted octanol–water partition coefficient (Wildman–Crippen LogP) is 3.06. The molecule has 2 aromatic heterocycles. The highest BCUT2D eigenvalue weighted by molar-refractivity contribution is 5.85. The fourth-order valence-corrected chi connectivity index (χ4v) is 3.81. The van der Waals surface area contributed by atoms with Crippen LogP contribution in [0.4, 0.5) is 5.82 Å². The largest absolute Gasteiger partial charge is 0.469 e. The number of piperidine rings is 1. The highest BCUT2D eigenvalue weighted by atomic mass is 16.5. The van der Waals surface area contributed by atoms with Crippen LogP contribution in [0.25, 0.3) is 16.7 Å². The molecule has 0 N–H and O–H groups in total. The fraction of sp³-hybridized carbons (Fsp3) is 0.350. The average molecular weight is 348 g/mol. The lowest BCUT2D eigenvalue weighted by Gasteiger charge is -2.33. The third-order valence-electron chi connectivity index (χ3n) is 5.22. The summed E-state index contributed by atoms with van der Waals surface area (Å²) in [5, 5.41) is 9.60. The van der Waals surface area contributed by atoms with E-state index in [9.17, 15) is 10.1 Å². The second kappa shape index (κ2) is 6.34. The zero-order valence-corrected chi connectivity index (χ0v) is 14.9. The van der Waals surface area contributed by atoms with Crippen molar-refractivity contribution in [3.05, 3.63) is 41.5 Å². The predicted molar refractivity (Wildman–Crippen MR) is 99.1 cm³/mol. The zero-order valence-electron chi connectivity index (χ0n) is 14.9. The van der Waals surface area contributed by atoms with E-state index in [1.807, 2.05) is 31.2 Å². The Morgan fingerprint density at radius 3 is 2.73 bits per heavy atom. The molecule has 0 spiro atoms. The lowest BCUT2D eigenvalue weighted by atomic mass is 9.97. The van der Waals surface area contributed by atoms with Crippen molar-refractivity contribution >= 4 is 28.5 Å². The van der Waals surface area contributed by atoms with Gasteiger partial charge in [0.25, 0.3) is 0 Å². The third-order valence-corrected chi connectivity index (χ3v) is 5.22. The number of hydrogen-bond donors (Lipinski definition) is 0.